The first kappa shape index (κ1) is 22.6. The van der Waals surface area contributed by atoms with Crippen molar-refractivity contribution in [3.63, 3.8) is 0 Å². The summed E-state index contributed by atoms with van der Waals surface area (Å²) < 4.78 is 47.6. The van der Waals surface area contributed by atoms with Gasteiger partial charge >= 0.3 is 0 Å². The Morgan fingerprint density at radius 1 is 0.900 bits per heavy atom. The maximum atomic E-state index is 12.7. The lowest BCUT2D eigenvalue weighted by Crippen LogP contribution is -2.36. The third-order valence-electron chi connectivity index (χ3n) is 5.37. The number of aryl methyl sites for hydroxylation is 1. The Bertz CT molecular complexity index is 923. The molecule has 2 atom stereocenters. The van der Waals surface area contributed by atoms with Gasteiger partial charge in [0, 0.05) is 0 Å². The van der Waals surface area contributed by atoms with Crippen LogP contribution < -0.4 is 9.47 Å². The van der Waals surface area contributed by atoms with Crippen LogP contribution in [0.15, 0.2) is 47.4 Å². The average molecular weight is 435 g/mol. The minimum absolute atomic E-state index is 0.183. The zero-order valence-electron chi connectivity index (χ0n) is 17.8. The number of methoxy groups -OCH3 is 2. The molecule has 0 amide bonds. The molecule has 7 heteroatoms. The third kappa shape index (κ3) is 5.74. The van der Waals surface area contributed by atoms with Crippen LogP contribution in [0.3, 0.4) is 0 Å². The molecule has 0 saturated heterocycles. The fourth-order valence-corrected chi connectivity index (χ4v) is 4.78. The standard InChI is InChI=1S/C23H30O6S/c1-17-8-11-19(12-9-17)30(24,25)29-22-7-5-4-6-21(22)28-15-14-18-10-13-20(26-2)23(16-18)27-3/h8-13,16,21-22H,4-7,14-15H2,1-3H3/t21?,22-/m1/s1. The zero-order chi connectivity index (χ0) is 21.6. The SMILES string of the molecule is COc1ccc(CCOC2CCCC[C@H]2OS(=O)(=O)c2ccc(C)cc2)cc1OC. The first-order valence-corrected chi connectivity index (χ1v) is 11.7. The van der Waals surface area contributed by atoms with Crippen LogP contribution in [-0.2, 0) is 25.5 Å². The molecule has 0 N–H and O–H groups in total. The van der Waals surface area contributed by atoms with Crippen LogP contribution in [0.4, 0.5) is 0 Å². The predicted octanol–water partition coefficient (Wildman–Crippen LogP) is 4.29. The van der Waals surface area contributed by atoms with E-state index in [1.807, 2.05) is 25.1 Å². The van der Waals surface area contributed by atoms with Crippen LogP contribution >= 0.6 is 0 Å². The Morgan fingerprint density at radius 3 is 2.23 bits per heavy atom. The van der Waals surface area contributed by atoms with Gasteiger partial charge in [-0.25, -0.2) is 0 Å². The largest absolute Gasteiger partial charge is 0.493 e. The molecule has 1 aliphatic carbocycles. The van der Waals surface area contributed by atoms with E-state index in [0.29, 0.717) is 30.9 Å². The number of hydrogen-bond acceptors (Lipinski definition) is 6. The van der Waals surface area contributed by atoms with E-state index in [-0.39, 0.29) is 11.0 Å². The molecule has 30 heavy (non-hydrogen) atoms. The summed E-state index contributed by atoms with van der Waals surface area (Å²) in [5.41, 5.74) is 2.07. The Hall–Kier alpha value is -2.09. The summed E-state index contributed by atoms with van der Waals surface area (Å²) in [5.74, 6) is 1.36. The molecular formula is C23H30O6S. The monoisotopic (exact) mass is 434 g/mol. The van der Waals surface area contributed by atoms with Crippen LogP contribution in [0.5, 0.6) is 11.5 Å². The van der Waals surface area contributed by atoms with Gasteiger partial charge in [-0.3, -0.25) is 4.18 Å². The Morgan fingerprint density at radius 2 is 1.57 bits per heavy atom. The molecule has 1 aliphatic rings. The van der Waals surface area contributed by atoms with E-state index < -0.39 is 16.2 Å². The Balaban J connectivity index is 1.60. The lowest BCUT2D eigenvalue weighted by atomic mass is 9.95. The summed E-state index contributed by atoms with van der Waals surface area (Å²) in [7, 11) is -0.601. The molecule has 164 valence electrons. The number of benzene rings is 2. The van der Waals surface area contributed by atoms with Crippen LogP contribution in [0.25, 0.3) is 0 Å². The van der Waals surface area contributed by atoms with Crippen molar-refractivity contribution in [1.82, 2.24) is 0 Å². The summed E-state index contributed by atoms with van der Waals surface area (Å²) in [6.45, 7) is 2.39. The van der Waals surface area contributed by atoms with Crippen LogP contribution in [0.2, 0.25) is 0 Å². The smallest absolute Gasteiger partial charge is 0.297 e. The van der Waals surface area contributed by atoms with Crippen molar-refractivity contribution in [2.45, 2.75) is 56.1 Å². The molecule has 0 heterocycles. The third-order valence-corrected chi connectivity index (χ3v) is 6.72. The molecule has 1 fully saturated rings. The first-order valence-electron chi connectivity index (χ1n) is 10.3. The molecule has 0 aliphatic heterocycles. The minimum atomic E-state index is -3.81. The van der Waals surface area contributed by atoms with E-state index in [4.69, 9.17) is 18.4 Å². The number of ether oxygens (including phenoxy) is 3. The molecular weight excluding hydrogens is 404 g/mol. The maximum Gasteiger partial charge on any atom is 0.297 e. The highest BCUT2D eigenvalue weighted by Crippen LogP contribution is 2.29. The zero-order valence-corrected chi connectivity index (χ0v) is 18.6. The fourth-order valence-electron chi connectivity index (χ4n) is 3.65. The van der Waals surface area contributed by atoms with Crippen LogP contribution in [0, 0.1) is 6.92 Å². The van der Waals surface area contributed by atoms with Gasteiger partial charge in [-0.05, 0) is 56.0 Å². The highest BCUT2D eigenvalue weighted by molar-refractivity contribution is 7.86. The quantitative estimate of drug-likeness (QED) is 0.549. The van der Waals surface area contributed by atoms with E-state index in [9.17, 15) is 8.42 Å². The maximum absolute atomic E-state index is 12.7. The summed E-state index contributed by atoms with van der Waals surface area (Å²) in [5, 5.41) is 0. The van der Waals surface area contributed by atoms with Crippen molar-refractivity contribution in [1.29, 1.82) is 0 Å². The van der Waals surface area contributed by atoms with E-state index in [1.54, 1.807) is 38.5 Å². The van der Waals surface area contributed by atoms with Crippen molar-refractivity contribution >= 4 is 10.1 Å². The number of hydrogen-bond donors (Lipinski definition) is 0. The molecule has 1 saturated carbocycles. The molecule has 0 aromatic heterocycles. The second-order valence-corrected chi connectivity index (χ2v) is 9.11. The van der Waals surface area contributed by atoms with Crippen LogP contribution in [-0.4, -0.2) is 41.5 Å². The molecule has 0 bridgehead atoms. The average Bonchev–Trinajstić information content (AvgIpc) is 2.75. The Labute approximate surface area is 179 Å². The second-order valence-electron chi connectivity index (χ2n) is 7.53. The van der Waals surface area contributed by atoms with Crippen molar-refractivity contribution in [3.8, 4) is 11.5 Å². The van der Waals surface area contributed by atoms with Gasteiger partial charge in [0.25, 0.3) is 10.1 Å². The molecule has 3 rings (SSSR count). The van der Waals surface area contributed by atoms with E-state index in [0.717, 1.165) is 30.4 Å². The summed E-state index contributed by atoms with van der Waals surface area (Å²) in [6, 6.07) is 12.5. The summed E-state index contributed by atoms with van der Waals surface area (Å²) >= 11 is 0. The summed E-state index contributed by atoms with van der Waals surface area (Å²) in [4.78, 5) is 0.183. The highest BCUT2D eigenvalue weighted by atomic mass is 32.2. The molecule has 2 aromatic carbocycles. The van der Waals surface area contributed by atoms with Crippen LogP contribution in [0.1, 0.15) is 36.8 Å². The van der Waals surface area contributed by atoms with Gasteiger partial charge in [0.2, 0.25) is 0 Å². The van der Waals surface area contributed by atoms with E-state index in [1.165, 1.54) is 0 Å². The van der Waals surface area contributed by atoms with Crippen molar-refractivity contribution < 1.29 is 26.8 Å². The molecule has 0 radical (unpaired) electrons. The van der Waals surface area contributed by atoms with Gasteiger partial charge in [-0.15, -0.1) is 0 Å². The van der Waals surface area contributed by atoms with Gasteiger partial charge in [-0.1, -0.05) is 36.6 Å². The highest BCUT2D eigenvalue weighted by Gasteiger charge is 2.31. The minimum Gasteiger partial charge on any atom is -0.493 e. The number of rotatable bonds is 9. The van der Waals surface area contributed by atoms with Crippen molar-refractivity contribution in [2.24, 2.45) is 0 Å². The predicted molar refractivity (Wildman–Crippen MR) is 115 cm³/mol. The Kier molecular flexibility index (Phi) is 7.75. The first-order chi connectivity index (χ1) is 14.4. The van der Waals surface area contributed by atoms with Gasteiger partial charge in [0.05, 0.1) is 31.8 Å². The lowest BCUT2D eigenvalue weighted by Gasteiger charge is -2.30. The van der Waals surface area contributed by atoms with Crippen molar-refractivity contribution in [3.05, 3.63) is 53.6 Å². The lowest BCUT2D eigenvalue weighted by molar-refractivity contribution is -0.0440. The second kappa shape index (κ2) is 10.3. The molecule has 2 aromatic rings. The normalized spacial score (nSPS) is 19.4. The van der Waals surface area contributed by atoms with Gasteiger partial charge in [0.15, 0.2) is 11.5 Å². The van der Waals surface area contributed by atoms with Gasteiger partial charge < -0.3 is 14.2 Å². The van der Waals surface area contributed by atoms with E-state index in [2.05, 4.69) is 0 Å². The topological polar surface area (TPSA) is 71.1 Å². The summed E-state index contributed by atoms with van der Waals surface area (Å²) in [6.07, 6.45) is 3.39. The molecule has 0 spiro atoms. The molecule has 6 nitrogen and oxygen atoms in total. The van der Waals surface area contributed by atoms with Gasteiger partial charge in [-0.2, -0.15) is 8.42 Å². The van der Waals surface area contributed by atoms with E-state index >= 15 is 0 Å². The van der Waals surface area contributed by atoms with Gasteiger partial charge in [0.1, 0.15) is 6.10 Å². The van der Waals surface area contributed by atoms with Crippen molar-refractivity contribution in [2.75, 3.05) is 20.8 Å². The molecule has 1 unspecified atom stereocenters. The fraction of sp³-hybridized carbons (Fsp3) is 0.478.